The molecule has 0 spiro atoms. The van der Waals surface area contributed by atoms with Gasteiger partial charge in [0, 0.05) is 18.2 Å². The van der Waals surface area contributed by atoms with Gasteiger partial charge in [0.15, 0.2) is 0 Å². The van der Waals surface area contributed by atoms with Crippen LogP contribution in [0.3, 0.4) is 0 Å². The molecule has 1 unspecified atom stereocenters. The number of aromatic nitrogens is 2. The molecule has 1 heterocycles. The van der Waals surface area contributed by atoms with Crippen molar-refractivity contribution in [2.45, 2.75) is 31.7 Å². The molecule has 0 saturated carbocycles. The topological polar surface area (TPSA) is 67.0 Å². The highest BCUT2D eigenvalue weighted by molar-refractivity contribution is 5.76. The van der Waals surface area contributed by atoms with Crippen molar-refractivity contribution < 1.29 is 9.53 Å². The Bertz CT molecular complexity index is 595. The second kappa shape index (κ2) is 6.43. The van der Waals surface area contributed by atoms with E-state index in [2.05, 4.69) is 15.5 Å². The highest BCUT2D eigenvalue weighted by Gasteiger charge is 2.21. The van der Waals surface area contributed by atoms with Crippen molar-refractivity contribution in [3.63, 3.8) is 0 Å². The average Bonchev–Trinajstić information content (AvgIpc) is 2.96. The first-order valence-electron chi connectivity index (χ1n) is 7.29. The van der Waals surface area contributed by atoms with Gasteiger partial charge in [-0.3, -0.25) is 9.89 Å². The number of rotatable bonds is 5. The molecule has 1 amide bonds. The van der Waals surface area contributed by atoms with E-state index in [0.29, 0.717) is 13.0 Å². The maximum Gasteiger partial charge on any atom is 0.223 e. The molecule has 21 heavy (non-hydrogen) atoms. The van der Waals surface area contributed by atoms with Gasteiger partial charge in [-0.15, -0.1) is 0 Å². The number of fused-ring (bicyclic) bond motifs is 1. The first-order chi connectivity index (χ1) is 10.3. The van der Waals surface area contributed by atoms with Crippen LogP contribution in [0.1, 0.15) is 24.1 Å². The summed E-state index contributed by atoms with van der Waals surface area (Å²) in [5.74, 6) is 0.837. The largest absolute Gasteiger partial charge is 0.493 e. The molecule has 1 atom stereocenters. The first kappa shape index (κ1) is 13.7. The Balaban J connectivity index is 1.41. The number of nitrogens with one attached hydrogen (secondary N) is 2. The van der Waals surface area contributed by atoms with Gasteiger partial charge in [-0.05, 0) is 30.5 Å². The summed E-state index contributed by atoms with van der Waals surface area (Å²) in [6, 6.07) is 9.74. The van der Waals surface area contributed by atoms with E-state index in [1.165, 1.54) is 5.56 Å². The monoisotopic (exact) mass is 285 g/mol. The Labute approximate surface area is 123 Å². The summed E-state index contributed by atoms with van der Waals surface area (Å²) in [6.45, 7) is 0.401. The van der Waals surface area contributed by atoms with Crippen LogP contribution in [0.25, 0.3) is 0 Å². The van der Waals surface area contributed by atoms with Crippen LogP contribution in [0.2, 0.25) is 0 Å². The fourth-order valence-corrected chi connectivity index (χ4v) is 2.61. The van der Waals surface area contributed by atoms with Crippen molar-refractivity contribution in [3.8, 4) is 5.75 Å². The van der Waals surface area contributed by atoms with Crippen molar-refractivity contribution in [3.05, 3.63) is 47.8 Å². The van der Waals surface area contributed by atoms with Gasteiger partial charge in [0.2, 0.25) is 5.91 Å². The molecule has 0 saturated heterocycles. The number of carbonyl (C=O) groups excluding carboxylic acids is 1. The lowest BCUT2D eigenvalue weighted by Gasteiger charge is -2.22. The third-order valence-electron chi connectivity index (χ3n) is 3.73. The Morgan fingerprint density at radius 2 is 2.24 bits per heavy atom. The maximum atomic E-state index is 11.9. The van der Waals surface area contributed by atoms with E-state index >= 15 is 0 Å². The number of benzene rings is 1. The van der Waals surface area contributed by atoms with Crippen LogP contribution in [0.5, 0.6) is 5.75 Å². The summed E-state index contributed by atoms with van der Waals surface area (Å²) < 4.78 is 5.53. The molecule has 1 aliphatic rings. The van der Waals surface area contributed by atoms with E-state index < -0.39 is 0 Å². The lowest BCUT2D eigenvalue weighted by molar-refractivity contribution is -0.122. The summed E-state index contributed by atoms with van der Waals surface area (Å²) in [6.07, 6.45) is 5.03. The van der Waals surface area contributed by atoms with E-state index in [0.717, 1.165) is 30.7 Å². The predicted octanol–water partition coefficient (Wildman–Crippen LogP) is 1.85. The minimum Gasteiger partial charge on any atom is -0.493 e. The lowest BCUT2D eigenvalue weighted by Crippen LogP contribution is -2.39. The Morgan fingerprint density at radius 1 is 1.38 bits per heavy atom. The number of para-hydroxylation sites is 1. The molecular formula is C16H19N3O2. The second-order valence-electron chi connectivity index (χ2n) is 5.29. The first-order valence-corrected chi connectivity index (χ1v) is 7.29. The van der Waals surface area contributed by atoms with Crippen LogP contribution in [-0.4, -0.2) is 28.8 Å². The zero-order chi connectivity index (χ0) is 14.5. The second-order valence-corrected chi connectivity index (χ2v) is 5.29. The van der Waals surface area contributed by atoms with Crippen molar-refractivity contribution in [1.29, 1.82) is 0 Å². The van der Waals surface area contributed by atoms with E-state index in [1.807, 2.05) is 36.5 Å². The maximum absolute atomic E-state index is 11.9. The summed E-state index contributed by atoms with van der Waals surface area (Å²) in [7, 11) is 0. The van der Waals surface area contributed by atoms with Gasteiger partial charge in [-0.25, -0.2) is 0 Å². The molecule has 2 aromatic rings. The molecule has 5 heteroatoms. The number of carbonyl (C=O) groups is 1. The number of nitrogens with zero attached hydrogens (tertiary/aromatic N) is 1. The van der Waals surface area contributed by atoms with Crippen molar-refractivity contribution in [2.24, 2.45) is 0 Å². The van der Waals surface area contributed by atoms with Crippen molar-refractivity contribution in [1.82, 2.24) is 15.5 Å². The molecule has 0 fully saturated rings. The van der Waals surface area contributed by atoms with E-state index in [-0.39, 0.29) is 11.9 Å². The summed E-state index contributed by atoms with van der Waals surface area (Å²) in [4.78, 5) is 11.9. The molecule has 1 aromatic heterocycles. The van der Waals surface area contributed by atoms with Crippen LogP contribution in [0.15, 0.2) is 36.5 Å². The molecule has 5 nitrogen and oxygen atoms in total. The van der Waals surface area contributed by atoms with Crippen LogP contribution in [0.4, 0.5) is 0 Å². The summed E-state index contributed by atoms with van der Waals surface area (Å²) >= 11 is 0. The zero-order valence-electron chi connectivity index (χ0n) is 11.8. The summed E-state index contributed by atoms with van der Waals surface area (Å²) in [5.41, 5.74) is 2.42. The molecule has 110 valence electrons. The van der Waals surface area contributed by atoms with Gasteiger partial charge in [0.25, 0.3) is 0 Å². The van der Waals surface area contributed by atoms with Crippen molar-refractivity contribution >= 4 is 5.91 Å². The quantitative estimate of drug-likeness (QED) is 0.881. The highest BCUT2D eigenvalue weighted by atomic mass is 16.5. The molecule has 0 bridgehead atoms. The third-order valence-corrected chi connectivity index (χ3v) is 3.73. The fourth-order valence-electron chi connectivity index (χ4n) is 2.61. The SMILES string of the molecule is O=C(CCOc1ccccc1)NC1CCc2cn[nH]c2C1. The normalized spacial score (nSPS) is 17.0. The number of amides is 1. The standard InChI is InChI=1S/C16H19N3O2/c20-16(8-9-21-14-4-2-1-3-5-14)18-13-7-6-12-11-17-19-15(12)10-13/h1-5,11,13H,6-10H2,(H,17,19)(H,18,20). The zero-order valence-corrected chi connectivity index (χ0v) is 11.8. The number of H-pyrrole nitrogens is 1. The minimum atomic E-state index is 0.0406. The molecule has 0 radical (unpaired) electrons. The molecule has 1 aromatic carbocycles. The predicted molar refractivity (Wildman–Crippen MR) is 79.1 cm³/mol. The number of hydrogen-bond acceptors (Lipinski definition) is 3. The smallest absolute Gasteiger partial charge is 0.223 e. The number of hydrogen-bond donors (Lipinski definition) is 2. The highest BCUT2D eigenvalue weighted by Crippen LogP contribution is 2.18. The van der Waals surface area contributed by atoms with Gasteiger partial charge in [0.1, 0.15) is 5.75 Å². The van der Waals surface area contributed by atoms with Crippen molar-refractivity contribution in [2.75, 3.05) is 6.61 Å². The van der Waals surface area contributed by atoms with Crippen LogP contribution < -0.4 is 10.1 Å². The number of aryl methyl sites for hydroxylation is 1. The number of ether oxygens (including phenoxy) is 1. The third kappa shape index (κ3) is 3.62. The molecule has 2 N–H and O–H groups in total. The Kier molecular flexibility index (Phi) is 4.19. The summed E-state index contributed by atoms with van der Waals surface area (Å²) in [5, 5.41) is 10.1. The average molecular weight is 285 g/mol. The van der Waals surface area contributed by atoms with Crippen LogP contribution >= 0.6 is 0 Å². The fraction of sp³-hybridized carbons (Fsp3) is 0.375. The van der Waals surface area contributed by atoms with E-state index in [9.17, 15) is 4.79 Å². The Morgan fingerprint density at radius 3 is 3.10 bits per heavy atom. The van der Waals surface area contributed by atoms with Gasteiger partial charge in [-0.1, -0.05) is 18.2 Å². The van der Waals surface area contributed by atoms with Gasteiger partial charge in [0.05, 0.1) is 19.2 Å². The van der Waals surface area contributed by atoms with Gasteiger partial charge in [-0.2, -0.15) is 5.10 Å². The Hall–Kier alpha value is -2.30. The molecular weight excluding hydrogens is 266 g/mol. The lowest BCUT2D eigenvalue weighted by atomic mass is 9.94. The van der Waals surface area contributed by atoms with E-state index in [1.54, 1.807) is 0 Å². The number of aromatic amines is 1. The van der Waals surface area contributed by atoms with Gasteiger partial charge >= 0.3 is 0 Å². The van der Waals surface area contributed by atoms with Crippen LogP contribution in [-0.2, 0) is 17.6 Å². The molecule has 1 aliphatic carbocycles. The molecule has 3 rings (SSSR count). The minimum absolute atomic E-state index is 0.0406. The van der Waals surface area contributed by atoms with E-state index in [4.69, 9.17) is 4.74 Å². The van der Waals surface area contributed by atoms with Crippen LogP contribution in [0, 0.1) is 0 Å². The van der Waals surface area contributed by atoms with Gasteiger partial charge < -0.3 is 10.1 Å². The molecule has 0 aliphatic heterocycles.